The fourth-order valence-corrected chi connectivity index (χ4v) is 2.65. The second-order valence-electron chi connectivity index (χ2n) is 5.05. The molecule has 2 atom stereocenters. The maximum atomic E-state index is 4.51. The summed E-state index contributed by atoms with van der Waals surface area (Å²) in [7, 11) is 2.07. The highest BCUT2D eigenvalue weighted by molar-refractivity contribution is 5.11. The van der Waals surface area contributed by atoms with Crippen molar-refractivity contribution in [1.29, 1.82) is 0 Å². The molecular formula is C13H23N3. The van der Waals surface area contributed by atoms with Crippen molar-refractivity contribution in [3.05, 3.63) is 17.5 Å². The van der Waals surface area contributed by atoms with Crippen LogP contribution in [0.5, 0.6) is 0 Å². The summed E-state index contributed by atoms with van der Waals surface area (Å²) in [5.41, 5.74) is 2.62. The molecule has 1 aliphatic rings. The summed E-state index contributed by atoms with van der Waals surface area (Å²) in [6, 6.07) is 2.95. The van der Waals surface area contributed by atoms with Crippen LogP contribution in [-0.2, 0) is 19.9 Å². The first-order valence-electron chi connectivity index (χ1n) is 6.44. The van der Waals surface area contributed by atoms with Gasteiger partial charge in [-0.15, -0.1) is 0 Å². The van der Waals surface area contributed by atoms with Crippen molar-refractivity contribution in [3.63, 3.8) is 0 Å². The molecule has 3 nitrogen and oxygen atoms in total. The van der Waals surface area contributed by atoms with E-state index in [2.05, 4.69) is 42.1 Å². The molecule has 1 N–H and O–H groups in total. The molecule has 1 fully saturated rings. The molecule has 2 heterocycles. The lowest BCUT2D eigenvalue weighted by atomic mass is 9.89. The van der Waals surface area contributed by atoms with Crippen molar-refractivity contribution >= 4 is 0 Å². The summed E-state index contributed by atoms with van der Waals surface area (Å²) >= 11 is 0. The second-order valence-corrected chi connectivity index (χ2v) is 5.05. The van der Waals surface area contributed by atoms with Crippen LogP contribution in [0.15, 0.2) is 6.07 Å². The van der Waals surface area contributed by atoms with Crippen molar-refractivity contribution < 1.29 is 0 Å². The van der Waals surface area contributed by atoms with Gasteiger partial charge in [0.05, 0.1) is 5.69 Å². The second kappa shape index (κ2) is 5.00. The van der Waals surface area contributed by atoms with Gasteiger partial charge in [-0.1, -0.05) is 6.92 Å². The fourth-order valence-electron chi connectivity index (χ4n) is 2.65. The number of hydrogen-bond donors (Lipinski definition) is 1. The standard InChI is InChI=1S/C13H23N3/c1-4-12-9-13(16(3)15-12)8-11-5-6-14-10(2)7-11/h9-11,14H,4-8H2,1-3H3. The summed E-state index contributed by atoms with van der Waals surface area (Å²) in [6.45, 7) is 5.62. The lowest BCUT2D eigenvalue weighted by molar-refractivity contribution is 0.310. The van der Waals surface area contributed by atoms with Crippen molar-refractivity contribution in [1.82, 2.24) is 15.1 Å². The Morgan fingerprint density at radius 1 is 1.56 bits per heavy atom. The van der Waals surface area contributed by atoms with Crippen LogP contribution in [0, 0.1) is 5.92 Å². The van der Waals surface area contributed by atoms with Gasteiger partial charge in [-0.3, -0.25) is 4.68 Å². The molecule has 1 aromatic rings. The van der Waals surface area contributed by atoms with Gasteiger partial charge in [0.15, 0.2) is 0 Å². The van der Waals surface area contributed by atoms with Gasteiger partial charge < -0.3 is 5.32 Å². The zero-order chi connectivity index (χ0) is 11.5. The van der Waals surface area contributed by atoms with Crippen molar-refractivity contribution in [2.45, 2.75) is 45.6 Å². The van der Waals surface area contributed by atoms with Crippen LogP contribution in [0.3, 0.4) is 0 Å². The highest BCUT2D eigenvalue weighted by Gasteiger charge is 2.19. The van der Waals surface area contributed by atoms with Crippen molar-refractivity contribution in [3.8, 4) is 0 Å². The highest BCUT2D eigenvalue weighted by atomic mass is 15.3. The third-order valence-electron chi connectivity index (χ3n) is 3.62. The van der Waals surface area contributed by atoms with E-state index in [1.165, 1.54) is 37.2 Å². The summed E-state index contributed by atoms with van der Waals surface area (Å²) in [4.78, 5) is 0. The van der Waals surface area contributed by atoms with Gasteiger partial charge in [0.2, 0.25) is 0 Å². The summed E-state index contributed by atoms with van der Waals surface area (Å²) in [5, 5.41) is 8.02. The van der Waals surface area contributed by atoms with Crippen LogP contribution < -0.4 is 5.32 Å². The van der Waals surface area contributed by atoms with E-state index >= 15 is 0 Å². The van der Waals surface area contributed by atoms with E-state index in [9.17, 15) is 0 Å². The van der Waals surface area contributed by atoms with Gasteiger partial charge >= 0.3 is 0 Å². The molecule has 2 rings (SSSR count). The predicted octanol–water partition coefficient (Wildman–Crippen LogP) is 1.91. The highest BCUT2D eigenvalue weighted by Crippen LogP contribution is 2.21. The number of piperidine rings is 1. The number of hydrogen-bond acceptors (Lipinski definition) is 2. The Kier molecular flexibility index (Phi) is 3.64. The molecule has 1 saturated heterocycles. The first-order chi connectivity index (χ1) is 7.69. The first kappa shape index (κ1) is 11.6. The maximum absolute atomic E-state index is 4.51. The molecule has 0 radical (unpaired) electrons. The van der Waals surface area contributed by atoms with Crippen LogP contribution in [0.25, 0.3) is 0 Å². The lowest BCUT2D eigenvalue weighted by Crippen LogP contribution is -2.36. The number of nitrogens with zero attached hydrogens (tertiary/aromatic N) is 2. The average Bonchev–Trinajstić information content (AvgIpc) is 2.60. The summed E-state index contributed by atoms with van der Waals surface area (Å²) in [6.07, 6.45) is 4.83. The molecule has 0 aliphatic carbocycles. The van der Waals surface area contributed by atoms with Gasteiger partial charge in [-0.25, -0.2) is 0 Å². The molecule has 90 valence electrons. The minimum absolute atomic E-state index is 0.678. The molecule has 3 heteroatoms. The van der Waals surface area contributed by atoms with Crippen molar-refractivity contribution in [2.24, 2.45) is 13.0 Å². The van der Waals surface area contributed by atoms with Crippen LogP contribution in [0.4, 0.5) is 0 Å². The van der Waals surface area contributed by atoms with Crippen LogP contribution in [-0.4, -0.2) is 22.4 Å². The van der Waals surface area contributed by atoms with E-state index in [0.29, 0.717) is 6.04 Å². The molecule has 0 saturated carbocycles. The Morgan fingerprint density at radius 3 is 3.00 bits per heavy atom. The van der Waals surface area contributed by atoms with E-state index in [-0.39, 0.29) is 0 Å². The quantitative estimate of drug-likeness (QED) is 0.845. The van der Waals surface area contributed by atoms with Gasteiger partial charge in [-0.05, 0) is 51.1 Å². The van der Waals surface area contributed by atoms with Gasteiger partial charge in [-0.2, -0.15) is 5.10 Å². The van der Waals surface area contributed by atoms with Gasteiger partial charge in [0.25, 0.3) is 0 Å². The topological polar surface area (TPSA) is 29.9 Å². The molecule has 0 aromatic carbocycles. The van der Waals surface area contributed by atoms with E-state index in [1.54, 1.807) is 0 Å². The Morgan fingerprint density at radius 2 is 2.38 bits per heavy atom. The number of nitrogens with one attached hydrogen (secondary N) is 1. The first-order valence-corrected chi connectivity index (χ1v) is 6.44. The predicted molar refractivity (Wildman–Crippen MR) is 66.5 cm³/mol. The fraction of sp³-hybridized carbons (Fsp3) is 0.769. The zero-order valence-corrected chi connectivity index (χ0v) is 10.7. The molecule has 16 heavy (non-hydrogen) atoms. The molecule has 0 amide bonds. The SMILES string of the molecule is CCc1cc(CC2CCNC(C)C2)n(C)n1. The van der Waals surface area contributed by atoms with Crippen LogP contribution in [0.1, 0.15) is 38.1 Å². The third kappa shape index (κ3) is 2.64. The minimum Gasteiger partial charge on any atom is -0.314 e. The van der Waals surface area contributed by atoms with E-state index < -0.39 is 0 Å². The number of rotatable bonds is 3. The molecular weight excluding hydrogens is 198 g/mol. The molecule has 1 aliphatic heterocycles. The number of aromatic nitrogens is 2. The summed E-state index contributed by atoms with van der Waals surface area (Å²) < 4.78 is 2.06. The summed E-state index contributed by atoms with van der Waals surface area (Å²) in [5.74, 6) is 0.830. The monoisotopic (exact) mass is 221 g/mol. The lowest BCUT2D eigenvalue weighted by Gasteiger charge is -2.27. The van der Waals surface area contributed by atoms with E-state index in [4.69, 9.17) is 0 Å². The molecule has 0 bridgehead atoms. The Hall–Kier alpha value is -0.830. The van der Waals surface area contributed by atoms with Gasteiger partial charge in [0, 0.05) is 18.8 Å². The smallest absolute Gasteiger partial charge is 0.0624 e. The largest absolute Gasteiger partial charge is 0.314 e. The Labute approximate surface area is 98.2 Å². The molecule has 1 aromatic heterocycles. The Bertz CT molecular complexity index is 343. The maximum Gasteiger partial charge on any atom is 0.0624 e. The minimum atomic E-state index is 0.678. The van der Waals surface area contributed by atoms with Crippen molar-refractivity contribution in [2.75, 3.05) is 6.54 Å². The van der Waals surface area contributed by atoms with Crippen LogP contribution >= 0.6 is 0 Å². The van der Waals surface area contributed by atoms with E-state index in [1.807, 2.05) is 0 Å². The Balaban J connectivity index is 1.99. The van der Waals surface area contributed by atoms with Gasteiger partial charge in [0.1, 0.15) is 0 Å². The molecule has 0 spiro atoms. The third-order valence-corrected chi connectivity index (χ3v) is 3.62. The normalized spacial score (nSPS) is 25.9. The zero-order valence-electron chi connectivity index (χ0n) is 10.7. The average molecular weight is 221 g/mol. The van der Waals surface area contributed by atoms with E-state index in [0.717, 1.165) is 12.3 Å². The molecule has 2 unspecified atom stereocenters. The van der Waals surface area contributed by atoms with Crippen LogP contribution in [0.2, 0.25) is 0 Å². The number of aryl methyl sites for hydroxylation is 2.